The first-order valence-electron chi connectivity index (χ1n) is 10.7. The highest BCUT2D eigenvalue weighted by Crippen LogP contribution is 2.29. The molecule has 0 atom stereocenters. The second-order valence-corrected chi connectivity index (χ2v) is 7.46. The van der Waals surface area contributed by atoms with E-state index >= 15 is 0 Å². The standard InChI is InChI=1S/C24H26N2O.C2H2O4/c1-3-26-22-10-6-5-9-20(22)21-16-18(12-13-23(21)26)17-25-15-14-19-8-4-7-11-24(19)27-2;3-1(4)2(5)6/h4-13,16,25H,3,14-15,17H2,1-2H3;(H,3,4)(H,5,6). The van der Waals surface area contributed by atoms with Gasteiger partial charge in [0.2, 0.25) is 0 Å². The second-order valence-electron chi connectivity index (χ2n) is 7.46. The lowest BCUT2D eigenvalue weighted by Gasteiger charge is -2.09. The molecule has 0 fully saturated rings. The number of ether oxygens (including phenoxy) is 1. The Morgan fingerprint density at radius 3 is 2.27 bits per heavy atom. The number of nitrogens with one attached hydrogen (secondary N) is 1. The van der Waals surface area contributed by atoms with E-state index in [0.717, 1.165) is 31.8 Å². The number of hydrogen-bond acceptors (Lipinski definition) is 4. The number of aliphatic carboxylic acids is 2. The minimum absolute atomic E-state index is 0.872. The van der Waals surface area contributed by atoms with Gasteiger partial charge in [0.05, 0.1) is 7.11 Å². The van der Waals surface area contributed by atoms with Gasteiger partial charge in [0.15, 0.2) is 0 Å². The maximum Gasteiger partial charge on any atom is 0.414 e. The minimum atomic E-state index is -1.82. The van der Waals surface area contributed by atoms with Gasteiger partial charge in [-0.2, -0.15) is 0 Å². The van der Waals surface area contributed by atoms with Gasteiger partial charge in [-0.05, 0) is 55.3 Å². The molecule has 0 aliphatic heterocycles. The van der Waals surface area contributed by atoms with Gasteiger partial charge in [-0.15, -0.1) is 0 Å². The smallest absolute Gasteiger partial charge is 0.414 e. The third-order valence-corrected chi connectivity index (χ3v) is 5.43. The molecule has 7 nitrogen and oxygen atoms in total. The average molecular weight is 449 g/mol. The molecule has 4 aromatic rings. The Kier molecular flexibility index (Phi) is 8.05. The zero-order valence-electron chi connectivity index (χ0n) is 18.7. The van der Waals surface area contributed by atoms with Gasteiger partial charge < -0.3 is 24.8 Å². The van der Waals surface area contributed by atoms with Crippen LogP contribution in [0.15, 0.2) is 66.7 Å². The fourth-order valence-electron chi connectivity index (χ4n) is 3.92. The molecule has 172 valence electrons. The number of methoxy groups -OCH3 is 1. The maximum atomic E-state index is 9.10. The summed E-state index contributed by atoms with van der Waals surface area (Å²) in [5.74, 6) is -2.68. The molecule has 0 saturated carbocycles. The van der Waals surface area contributed by atoms with Crippen LogP contribution in [0, 0.1) is 0 Å². The number of aromatic nitrogens is 1. The van der Waals surface area contributed by atoms with E-state index in [9.17, 15) is 0 Å². The number of carboxylic acids is 2. The number of aryl methyl sites for hydroxylation is 1. The third-order valence-electron chi connectivity index (χ3n) is 5.43. The lowest BCUT2D eigenvalue weighted by atomic mass is 10.1. The van der Waals surface area contributed by atoms with E-state index < -0.39 is 11.9 Å². The van der Waals surface area contributed by atoms with Crippen molar-refractivity contribution < 1.29 is 24.5 Å². The molecule has 0 amide bonds. The molecule has 0 unspecified atom stereocenters. The van der Waals surface area contributed by atoms with Gasteiger partial charge in [0.1, 0.15) is 5.75 Å². The summed E-state index contributed by atoms with van der Waals surface area (Å²) in [6, 6.07) is 23.7. The van der Waals surface area contributed by atoms with Crippen LogP contribution in [0.1, 0.15) is 18.1 Å². The van der Waals surface area contributed by atoms with Crippen LogP contribution in [-0.4, -0.2) is 40.4 Å². The molecule has 1 aromatic heterocycles. The molecular weight excluding hydrogens is 420 g/mol. The molecular formula is C26H28N2O5. The van der Waals surface area contributed by atoms with Crippen molar-refractivity contribution in [3.63, 3.8) is 0 Å². The van der Waals surface area contributed by atoms with Gasteiger partial charge in [0.25, 0.3) is 0 Å². The second kappa shape index (κ2) is 11.2. The van der Waals surface area contributed by atoms with Crippen LogP contribution >= 0.6 is 0 Å². The molecule has 1 heterocycles. The number of para-hydroxylation sites is 2. The van der Waals surface area contributed by atoms with Gasteiger partial charge in [-0.3, -0.25) is 0 Å². The highest BCUT2D eigenvalue weighted by molar-refractivity contribution is 6.27. The molecule has 7 heteroatoms. The van der Waals surface area contributed by atoms with Gasteiger partial charge in [0, 0.05) is 34.9 Å². The van der Waals surface area contributed by atoms with Crippen molar-refractivity contribution in [1.82, 2.24) is 9.88 Å². The molecule has 3 N–H and O–H groups in total. The summed E-state index contributed by atoms with van der Waals surface area (Å²) < 4.78 is 7.82. The summed E-state index contributed by atoms with van der Waals surface area (Å²) in [6.07, 6.45) is 0.960. The number of hydrogen-bond donors (Lipinski definition) is 3. The molecule has 33 heavy (non-hydrogen) atoms. The van der Waals surface area contributed by atoms with Crippen LogP contribution in [0.4, 0.5) is 0 Å². The molecule has 4 rings (SSSR count). The number of carbonyl (C=O) groups is 2. The number of fused-ring (bicyclic) bond motifs is 3. The van der Waals surface area contributed by atoms with Crippen molar-refractivity contribution in [2.24, 2.45) is 0 Å². The van der Waals surface area contributed by atoms with Crippen LogP contribution in [0.25, 0.3) is 21.8 Å². The lowest BCUT2D eigenvalue weighted by molar-refractivity contribution is -0.159. The molecule has 0 spiro atoms. The first-order valence-corrected chi connectivity index (χ1v) is 10.7. The third kappa shape index (κ3) is 5.70. The topological polar surface area (TPSA) is 101 Å². The summed E-state index contributed by atoms with van der Waals surface area (Å²) in [5.41, 5.74) is 5.20. The first kappa shape index (κ1) is 23.8. The molecule has 0 aliphatic rings. The zero-order valence-corrected chi connectivity index (χ0v) is 18.7. The Labute approximate surface area is 192 Å². The fraction of sp³-hybridized carbons (Fsp3) is 0.231. The van der Waals surface area contributed by atoms with Crippen LogP contribution in [-0.2, 0) is 29.1 Å². The molecule has 0 aliphatic carbocycles. The summed E-state index contributed by atoms with van der Waals surface area (Å²) in [4.78, 5) is 18.2. The fourth-order valence-corrected chi connectivity index (χ4v) is 3.92. The summed E-state index contributed by atoms with van der Waals surface area (Å²) in [7, 11) is 1.73. The molecule has 0 bridgehead atoms. The quantitative estimate of drug-likeness (QED) is 0.288. The van der Waals surface area contributed by atoms with Crippen LogP contribution in [0.2, 0.25) is 0 Å². The largest absolute Gasteiger partial charge is 0.496 e. The van der Waals surface area contributed by atoms with Crippen LogP contribution in [0.3, 0.4) is 0 Å². The summed E-state index contributed by atoms with van der Waals surface area (Å²) in [5, 5.41) is 21.0. The van der Waals surface area contributed by atoms with Gasteiger partial charge in [-0.1, -0.05) is 42.5 Å². The van der Waals surface area contributed by atoms with E-state index in [1.165, 1.54) is 32.9 Å². The van der Waals surface area contributed by atoms with E-state index in [-0.39, 0.29) is 0 Å². The minimum Gasteiger partial charge on any atom is -0.496 e. The molecule has 3 aromatic carbocycles. The summed E-state index contributed by atoms with van der Waals surface area (Å²) >= 11 is 0. The van der Waals surface area contributed by atoms with Gasteiger partial charge in [-0.25, -0.2) is 9.59 Å². The van der Waals surface area contributed by atoms with E-state index in [1.807, 2.05) is 12.1 Å². The number of benzene rings is 3. The average Bonchev–Trinajstić information content (AvgIpc) is 3.15. The van der Waals surface area contributed by atoms with Crippen LogP contribution < -0.4 is 10.1 Å². The Morgan fingerprint density at radius 1 is 0.909 bits per heavy atom. The first-order chi connectivity index (χ1) is 16.0. The van der Waals surface area contributed by atoms with E-state index in [2.05, 4.69) is 71.4 Å². The van der Waals surface area contributed by atoms with Crippen molar-refractivity contribution in [3.8, 4) is 5.75 Å². The number of nitrogens with zero attached hydrogens (tertiary/aromatic N) is 1. The normalized spacial score (nSPS) is 10.6. The van der Waals surface area contributed by atoms with E-state index in [4.69, 9.17) is 24.5 Å². The Morgan fingerprint density at radius 2 is 1.58 bits per heavy atom. The predicted octanol–water partition coefficient (Wildman–Crippen LogP) is 4.31. The maximum absolute atomic E-state index is 9.10. The number of rotatable bonds is 7. The summed E-state index contributed by atoms with van der Waals surface area (Å²) in [6.45, 7) is 4.99. The SMILES string of the molecule is CCn1c2ccccc2c2cc(CNCCc3ccccc3OC)ccc21.O=C(O)C(=O)O. The zero-order chi connectivity index (χ0) is 23.8. The number of carboxylic acid groups (broad SMARTS) is 2. The van der Waals surface area contributed by atoms with Crippen molar-refractivity contribution >= 4 is 33.7 Å². The van der Waals surface area contributed by atoms with Crippen LogP contribution in [0.5, 0.6) is 5.75 Å². The van der Waals surface area contributed by atoms with Crippen molar-refractivity contribution in [3.05, 3.63) is 77.9 Å². The van der Waals surface area contributed by atoms with E-state index in [1.54, 1.807) is 7.11 Å². The Hall–Kier alpha value is -3.84. The Bertz CT molecular complexity index is 1250. The monoisotopic (exact) mass is 448 g/mol. The Balaban J connectivity index is 0.000000454. The molecule has 0 saturated heterocycles. The van der Waals surface area contributed by atoms with Crippen molar-refractivity contribution in [2.45, 2.75) is 26.4 Å². The van der Waals surface area contributed by atoms with Crippen molar-refractivity contribution in [2.75, 3.05) is 13.7 Å². The highest BCUT2D eigenvalue weighted by atomic mass is 16.5. The van der Waals surface area contributed by atoms with E-state index in [0.29, 0.717) is 0 Å². The predicted molar refractivity (Wildman–Crippen MR) is 129 cm³/mol. The van der Waals surface area contributed by atoms with Gasteiger partial charge >= 0.3 is 11.9 Å². The lowest BCUT2D eigenvalue weighted by Crippen LogP contribution is -2.16. The van der Waals surface area contributed by atoms with Crippen molar-refractivity contribution in [1.29, 1.82) is 0 Å². The molecule has 0 radical (unpaired) electrons. The highest BCUT2D eigenvalue weighted by Gasteiger charge is 2.09.